The zero-order chi connectivity index (χ0) is 21.1. The monoisotopic (exact) mass is 405 g/mol. The van der Waals surface area contributed by atoms with Gasteiger partial charge in [0.05, 0.1) is 17.1 Å². The SMILES string of the molecule is CCCCN1c2nc3ccccc3n2C(=O)N(C)CC1CCN(C)c1ccccc1. The molecule has 0 aliphatic carbocycles. The van der Waals surface area contributed by atoms with Crippen molar-refractivity contribution >= 4 is 28.7 Å². The fourth-order valence-corrected chi connectivity index (χ4v) is 4.23. The van der Waals surface area contributed by atoms with E-state index in [0.717, 1.165) is 49.3 Å². The quantitative estimate of drug-likeness (QED) is 0.582. The predicted molar refractivity (Wildman–Crippen MR) is 124 cm³/mol. The van der Waals surface area contributed by atoms with Crippen molar-refractivity contribution in [2.75, 3.05) is 43.5 Å². The van der Waals surface area contributed by atoms with E-state index < -0.39 is 0 Å². The number of para-hydroxylation sites is 3. The normalized spacial score (nSPS) is 16.6. The molecule has 30 heavy (non-hydrogen) atoms. The molecule has 0 saturated carbocycles. The van der Waals surface area contributed by atoms with Gasteiger partial charge in [0.25, 0.3) is 0 Å². The first-order chi connectivity index (χ1) is 14.6. The number of rotatable bonds is 7. The van der Waals surface area contributed by atoms with Crippen LogP contribution in [0.5, 0.6) is 0 Å². The van der Waals surface area contributed by atoms with Crippen molar-refractivity contribution in [3.63, 3.8) is 0 Å². The molecule has 1 aliphatic rings. The molecule has 0 N–H and O–H groups in total. The number of carbonyl (C=O) groups excluding carboxylic acids is 1. The second-order valence-corrected chi connectivity index (χ2v) is 8.15. The smallest absolute Gasteiger partial charge is 0.331 e. The van der Waals surface area contributed by atoms with Gasteiger partial charge in [-0.05, 0) is 37.1 Å². The molecule has 6 heteroatoms. The predicted octanol–water partition coefficient (Wildman–Crippen LogP) is 4.45. The molecule has 1 aromatic heterocycles. The minimum atomic E-state index is -0.000822. The van der Waals surface area contributed by atoms with Gasteiger partial charge in [0.1, 0.15) is 0 Å². The van der Waals surface area contributed by atoms with Crippen molar-refractivity contribution in [3.8, 4) is 0 Å². The number of anilines is 2. The Bertz CT molecular complexity index is 999. The van der Waals surface area contributed by atoms with Crippen LogP contribution in [0.2, 0.25) is 0 Å². The van der Waals surface area contributed by atoms with E-state index in [9.17, 15) is 4.79 Å². The highest BCUT2D eigenvalue weighted by Crippen LogP contribution is 2.29. The summed E-state index contributed by atoms with van der Waals surface area (Å²) in [5, 5.41) is 0. The molecule has 1 atom stereocenters. The van der Waals surface area contributed by atoms with Gasteiger partial charge < -0.3 is 14.7 Å². The molecule has 6 nitrogen and oxygen atoms in total. The van der Waals surface area contributed by atoms with Crippen LogP contribution in [-0.2, 0) is 0 Å². The molecule has 1 unspecified atom stereocenters. The van der Waals surface area contributed by atoms with Gasteiger partial charge in [-0.25, -0.2) is 14.3 Å². The summed E-state index contributed by atoms with van der Waals surface area (Å²) < 4.78 is 1.80. The second-order valence-electron chi connectivity index (χ2n) is 8.15. The molecule has 0 fully saturated rings. The first-order valence-electron chi connectivity index (χ1n) is 10.9. The van der Waals surface area contributed by atoms with E-state index in [0.29, 0.717) is 6.54 Å². The summed E-state index contributed by atoms with van der Waals surface area (Å²) in [6, 6.07) is 18.6. The van der Waals surface area contributed by atoms with Crippen LogP contribution in [0.3, 0.4) is 0 Å². The minimum Gasteiger partial charge on any atom is -0.375 e. The van der Waals surface area contributed by atoms with E-state index in [1.165, 1.54) is 5.69 Å². The van der Waals surface area contributed by atoms with Crippen LogP contribution >= 0.6 is 0 Å². The number of fused-ring (bicyclic) bond motifs is 3. The van der Waals surface area contributed by atoms with Crippen LogP contribution in [0.1, 0.15) is 26.2 Å². The Kier molecular flexibility index (Phi) is 5.93. The molecule has 2 aromatic carbocycles. The number of carbonyl (C=O) groups is 1. The van der Waals surface area contributed by atoms with Crippen molar-refractivity contribution in [2.45, 2.75) is 32.2 Å². The molecular weight excluding hydrogens is 374 g/mol. The van der Waals surface area contributed by atoms with E-state index in [4.69, 9.17) is 4.98 Å². The van der Waals surface area contributed by atoms with E-state index in [1.54, 1.807) is 4.57 Å². The number of likely N-dealkylation sites (N-methyl/N-ethyl adjacent to an activating group) is 1. The summed E-state index contributed by atoms with van der Waals surface area (Å²) >= 11 is 0. The zero-order valence-electron chi connectivity index (χ0n) is 18.2. The number of aromatic nitrogens is 2. The average molecular weight is 406 g/mol. The molecule has 2 heterocycles. The van der Waals surface area contributed by atoms with Gasteiger partial charge >= 0.3 is 6.03 Å². The maximum absolute atomic E-state index is 13.2. The van der Waals surface area contributed by atoms with Crippen molar-refractivity contribution < 1.29 is 4.79 Å². The molecular formula is C24H31N5O. The Morgan fingerprint density at radius 1 is 1.10 bits per heavy atom. The highest BCUT2D eigenvalue weighted by atomic mass is 16.2. The lowest BCUT2D eigenvalue weighted by Gasteiger charge is -2.33. The van der Waals surface area contributed by atoms with Crippen molar-refractivity contribution in [1.82, 2.24) is 14.5 Å². The number of imidazole rings is 1. The second kappa shape index (κ2) is 8.78. The molecule has 158 valence electrons. The highest BCUT2D eigenvalue weighted by Gasteiger charge is 2.33. The molecule has 1 aliphatic heterocycles. The first kappa shape index (κ1) is 20.3. The van der Waals surface area contributed by atoms with Crippen LogP contribution in [0.15, 0.2) is 54.6 Å². The highest BCUT2D eigenvalue weighted by molar-refractivity contribution is 5.93. The van der Waals surface area contributed by atoms with Crippen LogP contribution < -0.4 is 9.80 Å². The third-order valence-corrected chi connectivity index (χ3v) is 5.99. The van der Waals surface area contributed by atoms with Gasteiger partial charge in [0.15, 0.2) is 0 Å². The van der Waals surface area contributed by atoms with Gasteiger partial charge in [-0.2, -0.15) is 0 Å². The summed E-state index contributed by atoms with van der Waals surface area (Å²) in [6.45, 7) is 4.72. The standard InChI is InChI=1S/C24H31N5O/c1-4-5-16-28-20(15-17-26(2)19-11-7-6-8-12-19)18-27(3)24(30)29-22-14-10-9-13-21(22)25-23(28)29/h6-14,20H,4-5,15-18H2,1-3H3. The number of hydrogen-bond donors (Lipinski definition) is 0. The topological polar surface area (TPSA) is 44.6 Å². The maximum Gasteiger partial charge on any atom is 0.331 e. The Balaban J connectivity index is 1.66. The van der Waals surface area contributed by atoms with Crippen LogP contribution in [0, 0.1) is 0 Å². The van der Waals surface area contributed by atoms with Crippen molar-refractivity contribution in [1.29, 1.82) is 0 Å². The summed E-state index contributed by atoms with van der Waals surface area (Å²) in [5.41, 5.74) is 2.97. The lowest BCUT2D eigenvalue weighted by Crippen LogP contribution is -2.44. The Labute approximate surface area is 178 Å². The lowest BCUT2D eigenvalue weighted by molar-refractivity contribution is 0.211. The van der Waals surface area contributed by atoms with Crippen LogP contribution in [0.4, 0.5) is 16.4 Å². The molecule has 0 bridgehead atoms. The van der Waals surface area contributed by atoms with Gasteiger partial charge in [0, 0.05) is 39.4 Å². The van der Waals surface area contributed by atoms with Gasteiger partial charge in [-0.1, -0.05) is 43.7 Å². The Morgan fingerprint density at radius 3 is 2.60 bits per heavy atom. The van der Waals surface area contributed by atoms with Crippen LogP contribution in [0.25, 0.3) is 11.0 Å². The van der Waals surface area contributed by atoms with E-state index >= 15 is 0 Å². The van der Waals surface area contributed by atoms with Gasteiger partial charge in [0.2, 0.25) is 5.95 Å². The van der Waals surface area contributed by atoms with E-state index in [1.807, 2.05) is 42.3 Å². The summed E-state index contributed by atoms with van der Waals surface area (Å²) in [6.07, 6.45) is 3.14. The van der Waals surface area contributed by atoms with Crippen molar-refractivity contribution in [2.24, 2.45) is 0 Å². The third kappa shape index (κ3) is 3.86. The number of nitrogens with zero attached hydrogens (tertiary/aromatic N) is 5. The average Bonchev–Trinajstić information content (AvgIpc) is 3.12. The molecule has 0 radical (unpaired) electrons. The van der Waals surface area contributed by atoms with Crippen LogP contribution in [-0.4, -0.2) is 60.3 Å². The molecule has 1 amide bonds. The lowest BCUT2D eigenvalue weighted by atomic mass is 10.1. The molecule has 3 aromatic rings. The van der Waals surface area contributed by atoms with Gasteiger partial charge in [-0.3, -0.25) is 0 Å². The largest absolute Gasteiger partial charge is 0.375 e. The Morgan fingerprint density at radius 2 is 1.83 bits per heavy atom. The molecule has 0 saturated heterocycles. The fourth-order valence-electron chi connectivity index (χ4n) is 4.23. The maximum atomic E-state index is 13.2. The number of amides is 1. The number of benzene rings is 2. The zero-order valence-corrected chi connectivity index (χ0v) is 18.2. The first-order valence-corrected chi connectivity index (χ1v) is 10.9. The van der Waals surface area contributed by atoms with Gasteiger partial charge in [-0.15, -0.1) is 0 Å². The number of hydrogen-bond acceptors (Lipinski definition) is 4. The summed E-state index contributed by atoms with van der Waals surface area (Å²) in [7, 11) is 4.03. The van der Waals surface area contributed by atoms with E-state index in [-0.39, 0.29) is 12.1 Å². The number of unbranched alkanes of at least 4 members (excludes halogenated alkanes) is 1. The Hall–Kier alpha value is -3.02. The fraction of sp³-hybridized carbons (Fsp3) is 0.417. The summed E-state index contributed by atoms with van der Waals surface area (Å²) in [5.74, 6) is 0.784. The molecule has 0 spiro atoms. The van der Waals surface area contributed by atoms with Crippen molar-refractivity contribution in [3.05, 3.63) is 54.6 Å². The summed E-state index contributed by atoms with van der Waals surface area (Å²) in [4.78, 5) is 24.6. The third-order valence-electron chi connectivity index (χ3n) is 5.99. The van der Waals surface area contributed by atoms with E-state index in [2.05, 4.69) is 48.0 Å². The molecule has 4 rings (SSSR count). The minimum absolute atomic E-state index is 0.000822.